The number of benzene rings is 2. The highest BCUT2D eigenvalue weighted by Gasteiger charge is 2.05. The Hall–Kier alpha value is -0.250. The highest BCUT2D eigenvalue weighted by Crippen LogP contribution is 2.26. The zero-order chi connectivity index (χ0) is 11.5. The summed E-state index contributed by atoms with van der Waals surface area (Å²) in [6.07, 6.45) is 0.773. The SMILES string of the molecule is Clc1cccc(Cl)c1Cc1ccc(I)cc1. The molecule has 16 heavy (non-hydrogen) atoms. The fourth-order valence-corrected chi connectivity index (χ4v) is 2.40. The first kappa shape index (κ1) is 12.2. The van der Waals surface area contributed by atoms with Crippen molar-refractivity contribution in [3.05, 3.63) is 67.2 Å². The van der Waals surface area contributed by atoms with Crippen molar-refractivity contribution < 1.29 is 0 Å². The molecule has 0 aliphatic heterocycles. The molecule has 0 aromatic heterocycles. The van der Waals surface area contributed by atoms with Crippen molar-refractivity contribution in [2.24, 2.45) is 0 Å². The largest absolute Gasteiger partial charge is 0.0840 e. The van der Waals surface area contributed by atoms with Gasteiger partial charge in [-0.25, -0.2) is 0 Å². The maximum Gasteiger partial charge on any atom is 0.0456 e. The van der Waals surface area contributed by atoms with E-state index in [2.05, 4.69) is 46.9 Å². The summed E-state index contributed by atoms with van der Waals surface area (Å²) in [6, 6.07) is 14.0. The lowest BCUT2D eigenvalue weighted by atomic mass is 10.1. The van der Waals surface area contributed by atoms with Crippen molar-refractivity contribution in [2.45, 2.75) is 6.42 Å². The Labute approximate surface area is 119 Å². The second-order valence-electron chi connectivity index (χ2n) is 3.50. The molecule has 0 aliphatic carbocycles. The van der Waals surface area contributed by atoms with E-state index in [9.17, 15) is 0 Å². The van der Waals surface area contributed by atoms with Gasteiger partial charge < -0.3 is 0 Å². The molecule has 0 bridgehead atoms. The molecule has 2 aromatic carbocycles. The maximum atomic E-state index is 6.12. The summed E-state index contributed by atoms with van der Waals surface area (Å²) in [6.45, 7) is 0. The molecule has 0 unspecified atom stereocenters. The molecule has 2 aromatic rings. The molecule has 0 saturated heterocycles. The van der Waals surface area contributed by atoms with Crippen molar-refractivity contribution in [1.29, 1.82) is 0 Å². The second kappa shape index (κ2) is 5.39. The van der Waals surface area contributed by atoms with Crippen LogP contribution in [0.4, 0.5) is 0 Å². The molecule has 0 amide bonds. The quantitative estimate of drug-likeness (QED) is 0.645. The third-order valence-electron chi connectivity index (χ3n) is 2.36. The monoisotopic (exact) mass is 362 g/mol. The van der Waals surface area contributed by atoms with Gasteiger partial charge in [0, 0.05) is 20.0 Å². The van der Waals surface area contributed by atoms with E-state index in [0.29, 0.717) is 0 Å². The third-order valence-corrected chi connectivity index (χ3v) is 3.78. The van der Waals surface area contributed by atoms with Crippen LogP contribution in [0.25, 0.3) is 0 Å². The van der Waals surface area contributed by atoms with Crippen molar-refractivity contribution in [1.82, 2.24) is 0 Å². The molecule has 0 N–H and O–H groups in total. The Bertz CT molecular complexity index is 472. The zero-order valence-corrected chi connectivity index (χ0v) is 12.1. The average molecular weight is 363 g/mol. The number of hydrogen-bond donors (Lipinski definition) is 0. The van der Waals surface area contributed by atoms with Crippen LogP contribution in [0.15, 0.2) is 42.5 Å². The minimum absolute atomic E-state index is 0.728. The Kier molecular flexibility index (Phi) is 4.11. The van der Waals surface area contributed by atoms with Crippen LogP contribution < -0.4 is 0 Å². The lowest BCUT2D eigenvalue weighted by Crippen LogP contribution is -1.90. The van der Waals surface area contributed by atoms with Gasteiger partial charge in [-0.3, -0.25) is 0 Å². The lowest BCUT2D eigenvalue weighted by Gasteiger charge is -2.06. The van der Waals surface area contributed by atoms with E-state index in [-0.39, 0.29) is 0 Å². The first-order valence-electron chi connectivity index (χ1n) is 4.84. The van der Waals surface area contributed by atoms with E-state index < -0.39 is 0 Å². The van der Waals surface area contributed by atoms with Crippen LogP contribution in [0.1, 0.15) is 11.1 Å². The minimum atomic E-state index is 0.728. The van der Waals surface area contributed by atoms with Crippen molar-refractivity contribution >= 4 is 45.8 Å². The molecule has 2 rings (SSSR count). The van der Waals surface area contributed by atoms with Gasteiger partial charge in [-0.1, -0.05) is 41.4 Å². The van der Waals surface area contributed by atoms with Crippen LogP contribution in [0.2, 0.25) is 10.0 Å². The second-order valence-corrected chi connectivity index (χ2v) is 5.56. The molecule has 0 nitrogen and oxygen atoms in total. The van der Waals surface area contributed by atoms with Crippen molar-refractivity contribution in [2.75, 3.05) is 0 Å². The summed E-state index contributed by atoms with van der Waals surface area (Å²) in [5.74, 6) is 0. The molecule has 3 heteroatoms. The molecule has 0 saturated carbocycles. The summed E-state index contributed by atoms with van der Waals surface area (Å²) < 4.78 is 1.23. The summed E-state index contributed by atoms with van der Waals surface area (Å²) in [7, 11) is 0. The number of rotatable bonds is 2. The Morgan fingerprint density at radius 2 is 1.44 bits per heavy atom. The Morgan fingerprint density at radius 3 is 2.00 bits per heavy atom. The molecular weight excluding hydrogens is 354 g/mol. The molecule has 0 spiro atoms. The minimum Gasteiger partial charge on any atom is -0.0840 e. The van der Waals surface area contributed by atoms with Crippen LogP contribution in [-0.4, -0.2) is 0 Å². The fraction of sp³-hybridized carbons (Fsp3) is 0.0769. The molecule has 0 fully saturated rings. The van der Waals surface area contributed by atoms with Crippen LogP contribution in [-0.2, 0) is 6.42 Å². The van der Waals surface area contributed by atoms with Crippen LogP contribution in [0.3, 0.4) is 0 Å². The first-order valence-corrected chi connectivity index (χ1v) is 6.67. The van der Waals surface area contributed by atoms with E-state index >= 15 is 0 Å². The molecule has 0 heterocycles. The maximum absolute atomic E-state index is 6.12. The summed E-state index contributed by atoms with van der Waals surface area (Å²) in [5.41, 5.74) is 2.21. The highest BCUT2D eigenvalue weighted by molar-refractivity contribution is 14.1. The van der Waals surface area contributed by atoms with E-state index in [0.717, 1.165) is 22.0 Å². The van der Waals surface area contributed by atoms with Crippen LogP contribution in [0.5, 0.6) is 0 Å². The van der Waals surface area contributed by atoms with E-state index in [1.807, 2.05) is 18.2 Å². The third kappa shape index (κ3) is 2.90. The number of hydrogen-bond acceptors (Lipinski definition) is 0. The molecule has 82 valence electrons. The fourth-order valence-electron chi connectivity index (χ4n) is 1.51. The average Bonchev–Trinajstić information content (AvgIpc) is 2.26. The predicted molar refractivity (Wildman–Crippen MR) is 78.4 cm³/mol. The van der Waals surface area contributed by atoms with Gasteiger partial charge in [0.1, 0.15) is 0 Å². The molecule has 0 radical (unpaired) electrons. The summed E-state index contributed by atoms with van der Waals surface area (Å²) >= 11 is 14.5. The molecule has 0 aliphatic rings. The van der Waals surface area contributed by atoms with Crippen molar-refractivity contribution in [3.63, 3.8) is 0 Å². The normalized spacial score (nSPS) is 10.4. The van der Waals surface area contributed by atoms with Crippen LogP contribution in [0, 0.1) is 3.57 Å². The van der Waals surface area contributed by atoms with Crippen LogP contribution >= 0.6 is 45.8 Å². The van der Waals surface area contributed by atoms with E-state index in [4.69, 9.17) is 23.2 Å². The summed E-state index contributed by atoms with van der Waals surface area (Å²) in [4.78, 5) is 0. The predicted octanol–water partition coefficient (Wildman–Crippen LogP) is 5.19. The van der Waals surface area contributed by atoms with Gasteiger partial charge in [-0.15, -0.1) is 0 Å². The first-order chi connectivity index (χ1) is 7.66. The highest BCUT2D eigenvalue weighted by atomic mass is 127. The Balaban J connectivity index is 2.30. The zero-order valence-electron chi connectivity index (χ0n) is 8.38. The van der Waals surface area contributed by atoms with E-state index in [1.54, 1.807) is 0 Å². The van der Waals surface area contributed by atoms with Gasteiger partial charge in [-0.2, -0.15) is 0 Å². The van der Waals surface area contributed by atoms with Gasteiger partial charge in [0.15, 0.2) is 0 Å². The van der Waals surface area contributed by atoms with Gasteiger partial charge in [0.05, 0.1) is 0 Å². The summed E-state index contributed by atoms with van der Waals surface area (Å²) in [5, 5.41) is 1.46. The van der Waals surface area contributed by atoms with Crippen molar-refractivity contribution in [3.8, 4) is 0 Å². The standard InChI is InChI=1S/C13H9Cl2I/c14-12-2-1-3-13(15)11(12)8-9-4-6-10(16)7-5-9/h1-7H,8H2. The lowest BCUT2D eigenvalue weighted by molar-refractivity contribution is 1.19. The van der Waals surface area contributed by atoms with Gasteiger partial charge in [-0.05, 0) is 58.0 Å². The van der Waals surface area contributed by atoms with E-state index in [1.165, 1.54) is 9.13 Å². The van der Waals surface area contributed by atoms with Gasteiger partial charge >= 0.3 is 0 Å². The Morgan fingerprint density at radius 1 is 0.875 bits per heavy atom. The molecule has 0 atom stereocenters. The smallest absolute Gasteiger partial charge is 0.0456 e. The van der Waals surface area contributed by atoms with Gasteiger partial charge in [0.25, 0.3) is 0 Å². The number of halogens is 3. The molecular formula is C13H9Cl2I. The van der Waals surface area contributed by atoms with Gasteiger partial charge in [0.2, 0.25) is 0 Å². The topological polar surface area (TPSA) is 0 Å².